The van der Waals surface area contributed by atoms with E-state index in [1.165, 1.54) is 11.3 Å². The molecule has 1 heterocycles. The average Bonchev–Trinajstić information content (AvgIpc) is 2.31. The fourth-order valence-electron chi connectivity index (χ4n) is 0.753. The molecule has 0 saturated heterocycles. The molecule has 3 nitrogen and oxygen atoms in total. The maximum atomic E-state index is 11.5. The Hall–Kier alpha value is -0.420. The molecule has 13 heavy (non-hydrogen) atoms. The largest absolute Gasteiger partial charge is 0.345 e. The van der Waals surface area contributed by atoms with Crippen LogP contribution in [0.15, 0.2) is 9.98 Å². The second kappa shape index (κ2) is 3.75. The summed E-state index contributed by atoms with van der Waals surface area (Å²) >= 11 is 4.59. The van der Waals surface area contributed by atoms with Gasteiger partial charge in [-0.2, -0.15) is 0 Å². The standard InChI is InChI=1S/C8H11BrN2OS/c1-8(2,3)11-6(12)7-10-4-5(9)13-7/h4H,1-3H3,(H,11,12). The lowest BCUT2D eigenvalue weighted by Crippen LogP contribution is -2.40. The van der Waals surface area contributed by atoms with Crippen LogP contribution in [0.1, 0.15) is 30.6 Å². The molecule has 1 rings (SSSR count). The molecule has 1 aromatic heterocycles. The van der Waals surface area contributed by atoms with Crippen molar-refractivity contribution >= 4 is 33.2 Å². The number of nitrogens with zero attached hydrogens (tertiary/aromatic N) is 1. The van der Waals surface area contributed by atoms with E-state index in [0.29, 0.717) is 5.01 Å². The van der Waals surface area contributed by atoms with Crippen LogP contribution in [0.4, 0.5) is 0 Å². The van der Waals surface area contributed by atoms with E-state index in [2.05, 4.69) is 26.2 Å². The number of aromatic nitrogens is 1. The lowest BCUT2D eigenvalue weighted by Gasteiger charge is -2.19. The first kappa shape index (κ1) is 10.7. The maximum absolute atomic E-state index is 11.5. The van der Waals surface area contributed by atoms with Gasteiger partial charge in [-0.15, -0.1) is 11.3 Å². The highest BCUT2D eigenvalue weighted by molar-refractivity contribution is 9.11. The van der Waals surface area contributed by atoms with Gasteiger partial charge in [0.1, 0.15) is 0 Å². The Morgan fingerprint density at radius 1 is 1.62 bits per heavy atom. The smallest absolute Gasteiger partial charge is 0.280 e. The van der Waals surface area contributed by atoms with Gasteiger partial charge in [-0.05, 0) is 36.7 Å². The monoisotopic (exact) mass is 262 g/mol. The first-order chi connectivity index (χ1) is 5.88. The van der Waals surface area contributed by atoms with Crippen LogP contribution in [0.25, 0.3) is 0 Å². The van der Waals surface area contributed by atoms with Gasteiger partial charge in [0.25, 0.3) is 5.91 Å². The van der Waals surface area contributed by atoms with E-state index < -0.39 is 0 Å². The SMILES string of the molecule is CC(C)(C)NC(=O)c1ncc(Br)s1. The minimum atomic E-state index is -0.213. The second-order valence-corrected chi connectivity index (χ2v) is 6.08. The van der Waals surface area contributed by atoms with Gasteiger partial charge in [0.05, 0.1) is 9.98 Å². The zero-order valence-electron chi connectivity index (χ0n) is 7.72. The molecule has 0 radical (unpaired) electrons. The summed E-state index contributed by atoms with van der Waals surface area (Å²) < 4.78 is 0.867. The van der Waals surface area contributed by atoms with Gasteiger partial charge in [-0.25, -0.2) is 4.98 Å². The fraction of sp³-hybridized carbons (Fsp3) is 0.500. The lowest BCUT2D eigenvalue weighted by atomic mass is 10.1. The first-order valence-electron chi connectivity index (χ1n) is 3.82. The van der Waals surface area contributed by atoms with Gasteiger partial charge >= 0.3 is 0 Å². The van der Waals surface area contributed by atoms with E-state index in [1.54, 1.807) is 6.20 Å². The first-order valence-corrected chi connectivity index (χ1v) is 5.43. The number of rotatable bonds is 1. The van der Waals surface area contributed by atoms with Crippen LogP contribution in [0.5, 0.6) is 0 Å². The van der Waals surface area contributed by atoms with Crippen molar-refractivity contribution in [1.29, 1.82) is 0 Å². The van der Waals surface area contributed by atoms with Crippen LogP contribution in [0.2, 0.25) is 0 Å². The normalized spacial score (nSPS) is 11.4. The second-order valence-electron chi connectivity index (χ2n) is 3.67. The molecular formula is C8H11BrN2OS. The summed E-state index contributed by atoms with van der Waals surface area (Å²) in [5.41, 5.74) is -0.213. The Bertz CT molecular complexity index is 316. The van der Waals surface area contributed by atoms with Crippen molar-refractivity contribution in [1.82, 2.24) is 10.3 Å². The molecule has 1 amide bonds. The van der Waals surface area contributed by atoms with Crippen LogP contribution in [0.3, 0.4) is 0 Å². The van der Waals surface area contributed by atoms with E-state index in [1.807, 2.05) is 20.8 Å². The van der Waals surface area contributed by atoms with Crippen LogP contribution < -0.4 is 5.32 Å². The van der Waals surface area contributed by atoms with Gasteiger partial charge in [-0.3, -0.25) is 4.79 Å². The third-order valence-electron chi connectivity index (χ3n) is 1.16. The van der Waals surface area contributed by atoms with Gasteiger partial charge in [-0.1, -0.05) is 0 Å². The van der Waals surface area contributed by atoms with Gasteiger partial charge in [0, 0.05) is 5.54 Å². The molecule has 0 spiro atoms. The van der Waals surface area contributed by atoms with E-state index in [4.69, 9.17) is 0 Å². The van der Waals surface area contributed by atoms with Gasteiger partial charge < -0.3 is 5.32 Å². The maximum Gasteiger partial charge on any atom is 0.280 e. The fourth-order valence-corrected chi connectivity index (χ4v) is 1.86. The molecule has 0 aliphatic rings. The summed E-state index contributed by atoms with van der Waals surface area (Å²) in [6.07, 6.45) is 1.63. The molecule has 1 N–H and O–H groups in total. The van der Waals surface area contributed by atoms with Crippen LogP contribution in [0, 0.1) is 0 Å². The Kier molecular flexibility index (Phi) is 3.08. The Balaban J connectivity index is 2.70. The number of halogens is 1. The lowest BCUT2D eigenvalue weighted by molar-refractivity contribution is 0.0919. The molecule has 72 valence electrons. The average molecular weight is 263 g/mol. The molecule has 5 heteroatoms. The number of amides is 1. The molecule has 0 bridgehead atoms. The third-order valence-corrected chi connectivity index (χ3v) is 2.64. The van der Waals surface area contributed by atoms with Crippen molar-refractivity contribution in [2.45, 2.75) is 26.3 Å². The molecule has 0 unspecified atom stereocenters. The Labute approximate surface area is 89.7 Å². The highest BCUT2D eigenvalue weighted by Gasteiger charge is 2.17. The molecule has 0 aliphatic carbocycles. The van der Waals surface area contributed by atoms with E-state index in [9.17, 15) is 4.79 Å². The predicted octanol–water partition coefficient (Wildman–Crippen LogP) is 2.43. The van der Waals surface area contributed by atoms with Crippen molar-refractivity contribution in [3.63, 3.8) is 0 Å². The van der Waals surface area contributed by atoms with E-state index in [-0.39, 0.29) is 11.4 Å². The van der Waals surface area contributed by atoms with Crippen molar-refractivity contribution in [3.05, 3.63) is 15.0 Å². The molecule has 0 fully saturated rings. The van der Waals surface area contributed by atoms with Crippen LogP contribution >= 0.6 is 27.3 Å². The van der Waals surface area contributed by atoms with Crippen molar-refractivity contribution in [2.24, 2.45) is 0 Å². The van der Waals surface area contributed by atoms with E-state index in [0.717, 1.165) is 3.79 Å². The summed E-state index contributed by atoms with van der Waals surface area (Å²) in [5, 5.41) is 3.32. The minimum absolute atomic E-state index is 0.122. The summed E-state index contributed by atoms with van der Waals surface area (Å²) in [4.78, 5) is 15.4. The Morgan fingerprint density at radius 3 is 2.62 bits per heavy atom. The number of hydrogen-bond donors (Lipinski definition) is 1. The summed E-state index contributed by atoms with van der Waals surface area (Å²) in [5.74, 6) is -0.122. The molecule has 0 aliphatic heterocycles. The summed E-state index contributed by atoms with van der Waals surface area (Å²) in [7, 11) is 0. The van der Waals surface area contributed by atoms with Gasteiger partial charge in [0.2, 0.25) is 0 Å². The van der Waals surface area contributed by atoms with Crippen LogP contribution in [-0.2, 0) is 0 Å². The van der Waals surface area contributed by atoms with Crippen molar-refractivity contribution in [3.8, 4) is 0 Å². The minimum Gasteiger partial charge on any atom is -0.345 e. The summed E-state index contributed by atoms with van der Waals surface area (Å²) in [6, 6.07) is 0. The van der Waals surface area contributed by atoms with Gasteiger partial charge in [0.15, 0.2) is 5.01 Å². The predicted molar refractivity (Wildman–Crippen MR) is 57.0 cm³/mol. The van der Waals surface area contributed by atoms with Crippen LogP contribution in [-0.4, -0.2) is 16.4 Å². The zero-order chi connectivity index (χ0) is 10.1. The quantitative estimate of drug-likeness (QED) is 0.845. The number of carbonyl (C=O) groups excluding carboxylic acids is 1. The molecule has 0 saturated carbocycles. The highest BCUT2D eigenvalue weighted by atomic mass is 79.9. The topological polar surface area (TPSA) is 42.0 Å². The molecule has 0 atom stereocenters. The zero-order valence-corrected chi connectivity index (χ0v) is 10.1. The number of nitrogens with one attached hydrogen (secondary N) is 1. The number of hydrogen-bond acceptors (Lipinski definition) is 3. The third kappa shape index (κ3) is 3.44. The Morgan fingerprint density at radius 2 is 2.23 bits per heavy atom. The number of thiazole rings is 1. The summed E-state index contributed by atoms with van der Waals surface area (Å²) in [6.45, 7) is 5.81. The number of carbonyl (C=O) groups is 1. The molecule has 1 aromatic rings. The van der Waals surface area contributed by atoms with Crippen molar-refractivity contribution < 1.29 is 4.79 Å². The molecular weight excluding hydrogens is 252 g/mol. The van der Waals surface area contributed by atoms with Crippen molar-refractivity contribution in [2.75, 3.05) is 0 Å². The molecule has 0 aromatic carbocycles. The highest BCUT2D eigenvalue weighted by Crippen LogP contribution is 2.19. The van der Waals surface area contributed by atoms with E-state index >= 15 is 0 Å².